The van der Waals surface area contributed by atoms with Crippen LogP contribution in [0.5, 0.6) is 17.2 Å². The van der Waals surface area contributed by atoms with Gasteiger partial charge < -0.3 is 28.9 Å². The summed E-state index contributed by atoms with van der Waals surface area (Å²) in [6.45, 7) is 15.6. The first-order chi connectivity index (χ1) is 20.2. The summed E-state index contributed by atoms with van der Waals surface area (Å²) in [5, 5.41) is 0. The van der Waals surface area contributed by atoms with E-state index in [4.69, 9.17) is 29.2 Å². The molecule has 3 aliphatic heterocycles. The summed E-state index contributed by atoms with van der Waals surface area (Å²) in [6, 6.07) is 13.0. The summed E-state index contributed by atoms with van der Waals surface area (Å²) in [5.74, 6) is 4.55. The lowest BCUT2D eigenvalue weighted by Crippen LogP contribution is -2.38. The SMILES string of the molecule is Cc1cc(C)c2c(c1)CN(c1nc(N3COc4c(C)cc(C)cc4C3)nc(N3COc4c(C)cc(C)cc4C3)n1)CO2. The summed E-state index contributed by atoms with van der Waals surface area (Å²) in [5.41, 5.74) is 10.4. The van der Waals surface area contributed by atoms with Crippen LogP contribution < -0.4 is 28.9 Å². The van der Waals surface area contributed by atoms with Crippen LogP contribution in [0.1, 0.15) is 50.1 Å². The predicted octanol–water partition coefficient (Wildman–Crippen LogP) is 5.79. The second-order valence-corrected chi connectivity index (χ2v) is 11.9. The largest absolute Gasteiger partial charge is 0.472 e. The van der Waals surface area contributed by atoms with Crippen molar-refractivity contribution in [3.05, 3.63) is 86.5 Å². The van der Waals surface area contributed by atoms with Crippen LogP contribution in [0.2, 0.25) is 0 Å². The number of aryl methyl sites for hydroxylation is 6. The molecule has 3 aliphatic rings. The normalized spacial score (nSPS) is 15.7. The number of hydrogen-bond acceptors (Lipinski definition) is 9. The number of benzene rings is 3. The lowest BCUT2D eigenvalue weighted by molar-refractivity contribution is 0.278. The molecule has 4 aromatic rings. The third kappa shape index (κ3) is 4.72. The van der Waals surface area contributed by atoms with Gasteiger partial charge in [-0.1, -0.05) is 53.1 Å². The fraction of sp³-hybridized carbons (Fsp3) is 0.364. The van der Waals surface area contributed by atoms with Crippen LogP contribution >= 0.6 is 0 Å². The molecular formula is C33H36N6O3. The average molecular weight is 565 g/mol. The zero-order valence-electron chi connectivity index (χ0n) is 25.1. The van der Waals surface area contributed by atoms with Gasteiger partial charge in [-0.2, -0.15) is 15.0 Å². The molecule has 9 heteroatoms. The van der Waals surface area contributed by atoms with E-state index in [9.17, 15) is 0 Å². The van der Waals surface area contributed by atoms with Crippen molar-refractivity contribution in [3.8, 4) is 17.2 Å². The van der Waals surface area contributed by atoms with Crippen LogP contribution in [0.4, 0.5) is 17.8 Å². The molecular weight excluding hydrogens is 528 g/mol. The van der Waals surface area contributed by atoms with Crippen molar-refractivity contribution in [2.24, 2.45) is 0 Å². The van der Waals surface area contributed by atoms with Gasteiger partial charge in [0.25, 0.3) is 0 Å². The van der Waals surface area contributed by atoms with Gasteiger partial charge >= 0.3 is 0 Å². The van der Waals surface area contributed by atoms with Gasteiger partial charge in [-0.15, -0.1) is 0 Å². The van der Waals surface area contributed by atoms with Gasteiger partial charge in [0.2, 0.25) is 17.8 Å². The van der Waals surface area contributed by atoms with Crippen molar-refractivity contribution in [3.63, 3.8) is 0 Å². The Morgan fingerprint density at radius 2 is 0.738 bits per heavy atom. The molecule has 0 spiro atoms. The Hall–Kier alpha value is -4.53. The zero-order valence-corrected chi connectivity index (χ0v) is 25.1. The van der Waals surface area contributed by atoms with Gasteiger partial charge in [-0.25, -0.2) is 0 Å². The van der Waals surface area contributed by atoms with Crippen LogP contribution in [0.15, 0.2) is 36.4 Å². The summed E-state index contributed by atoms with van der Waals surface area (Å²) in [7, 11) is 0. The van der Waals surface area contributed by atoms with E-state index in [1.165, 1.54) is 16.7 Å². The van der Waals surface area contributed by atoms with Crippen molar-refractivity contribution < 1.29 is 14.2 Å². The smallest absolute Gasteiger partial charge is 0.234 e. The first kappa shape index (κ1) is 26.4. The van der Waals surface area contributed by atoms with Gasteiger partial charge in [0, 0.05) is 16.7 Å². The third-order valence-corrected chi connectivity index (χ3v) is 8.11. The molecule has 9 nitrogen and oxygen atoms in total. The molecule has 0 amide bonds. The standard InChI is InChI=1S/C33H36N6O3/c1-19-7-22(4)28-25(10-19)13-37(16-40-28)31-34-32(38-14-26-11-20(2)8-23(5)29(26)41-17-38)36-33(35-31)39-15-27-12-21(3)9-24(6)30(27)42-18-39/h7-12H,13-18H2,1-6H3. The second-order valence-electron chi connectivity index (χ2n) is 11.9. The molecule has 0 fully saturated rings. The van der Waals surface area contributed by atoms with E-state index in [0.29, 0.717) is 57.7 Å². The molecule has 4 heterocycles. The highest BCUT2D eigenvalue weighted by atomic mass is 16.5. The molecule has 216 valence electrons. The Bertz CT molecular complexity index is 1510. The van der Waals surface area contributed by atoms with Gasteiger partial charge in [-0.3, -0.25) is 0 Å². The van der Waals surface area contributed by atoms with Crippen LogP contribution in [-0.2, 0) is 19.6 Å². The summed E-state index contributed by atoms with van der Waals surface area (Å²) >= 11 is 0. The molecule has 0 unspecified atom stereocenters. The molecule has 0 saturated heterocycles. The molecule has 0 bridgehead atoms. The van der Waals surface area contributed by atoms with E-state index in [2.05, 4.69) is 92.6 Å². The van der Waals surface area contributed by atoms with Crippen molar-refractivity contribution in [2.45, 2.75) is 61.2 Å². The lowest BCUT2D eigenvalue weighted by atomic mass is 10.0. The van der Waals surface area contributed by atoms with Crippen molar-refractivity contribution in [1.29, 1.82) is 0 Å². The first-order valence-electron chi connectivity index (χ1n) is 14.4. The topological polar surface area (TPSA) is 76.1 Å². The molecule has 0 saturated carbocycles. The molecule has 3 aromatic carbocycles. The summed E-state index contributed by atoms with van der Waals surface area (Å²) in [4.78, 5) is 21.2. The highest BCUT2D eigenvalue weighted by Gasteiger charge is 2.29. The van der Waals surface area contributed by atoms with Gasteiger partial charge in [-0.05, 0) is 58.2 Å². The van der Waals surface area contributed by atoms with E-state index in [0.717, 1.165) is 50.6 Å². The minimum Gasteiger partial charge on any atom is -0.472 e. The van der Waals surface area contributed by atoms with Gasteiger partial charge in [0.15, 0.2) is 20.2 Å². The average Bonchev–Trinajstić information content (AvgIpc) is 2.95. The number of ether oxygens (including phenoxy) is 3. The minimum absolute atomic E-state index is 0.356. The van der Waals surface area contributed by atoms with Gasteiger partial charge in [0.05, 0.1) is 19.6 Å². The van der Waals surface area contributed by atoms with E-state index < -0.39 is 0 Å². The Morgan fingerprint density at radius 3 is 1.02 bits per heavy atom. The van der Waals surface area contributed by atoms with Crippen molar-refractivity contribution >= 4 is 17.8 Å². The highest BCUT2D eigenvalue weighted by Crippen LogP contribution is 2.36. The fourth-order valence-electron chi connectivity index (χ4n) is 6.43. The van der Waals surface area contributed by atoms with E-state index in [1.54, 1.807) is 0 Å². The Morgan fingerprint density at radius 1 is 0.452 bits per heavy atom. The Balaban J connectivity index is 1.27. The van der Waals surface area contributed by atoms with Crippen molar-refractivity contribution in [2.75, 3.05) is 34.9 Å². The van der Waals surface area contributed by atoms with E-state index >= 15 is 0 Å². The van der Waals surface area contributed by atoms with E-state index in [-0.39, 0.29) is 0 Å². The number of fused-ring (bicyclic) bond motifs is 3. The predicted molar refractivity (Wildman–Crippen MR) is 163 cm³/mol. The molecule has 0 radical (unpaired) electrons. The molecule has 0 N–H and O–H groups in total. The quantitative estimate of drug-likeness (QED) is 0.307. The fourth-order valence-corrected chi connectivity index (χ4v) is 6.43. The van der Waals surface area contributed by atoms with Gasteiger partial charge in [0.1, 0.15) is 17.2 Å². The molecule has 7 rings (SSSR count). The zero-order chi connectivity index (χ0) is 29.1. The van der Waals surface area contributed by atoms with E-state index in [1.807, 2.05) is 0 Å². The first-order valence-corrected chi connectivity index (χ1v) is 14.4. The third-order valence-electron chi connectivity index (χ3n) is 8.11. The number of nitrogens with zero attached hydrogens (tertiary/aromatic N) is 6. The number of anilines is 3. The minimum atomic E-state index is 0.356. The van der Waals surface area contributed by atoms with Crippen LogP contribution in [-0.4, -0.2) is 35.1 Å². The summed E-state index contributed by atoms with van der Waals surface area (Å²) < 4.78 is 18.7. The molecule has 0 atom stereocenters. The maximum atomic E-state index is 6.24. The molecule has 0 aliphatic carbocycles. The van der Waals surface area contributed by atoms with Crippen LogP contribution in [0.25, 0.3) is 0 Å². The monoisotopic (exact) mass is 564 g/mol. The Labute approximate surface area is 246 Å². The number of hydrogen-bond donors (Lipinski definition) is 0. The molecule has 42 heavy (non-hydrogen) atoms. The maximum absolute atomic E-state index is 6.24. The van der Waals surface area contributed by atoms with Crippen LogP contribution in [0, 0.1) is 41.5 Å². The maximum Gasteiger partial charge on any atom is 0.234 e. The second kappa shape index (κ2) is 10.1. The molecule has 1 aromatic heterocycles. The number of aromatic nitrogens is 3. The summed E-state index contributed by atoms with van der Waals surface area (Å²) in [6.07, 6.45) is 0. The lowest BCUT2D eigenvalue weighted by Gasteiger charge is -2.34. The van der Waals surface area contributed by atoms with Crippen LogP contribution in [0.3, 0.4) is 0 Å². The Kier molecular flexibility index (Phi) is 6.33. The number of rotatable bonds is 3. The van der Waals surface area contributed by atoms with Crippen molar-refractivity contribution in [1.82, 2.24) is 15.0 Å². The highest BCUT2D eigenvalue weighted by molar-refractivity contribution is 5.55.